The van der Waals surface area contributed by atoms with E-state index in [1.165, 1.54) is 13.2 Å². The Balaban J connectivity index is 2.45. The Labute approximate surface area is 109 Å². The molecule has 0 aromatic heterocycles. The topological polar surface area (TPSA) is 81.7 Å². The van der Waals surface area contributed by atoms with E-state index in [4.69, 9.17) is 4.74 Å². The van der Waals surface area contributed by atoms with Crippen LogP contribution in [0.2, 0.25) is 0 Å². The molecule has 0 spiro atoms. The Bertz CT molecular complexity index is 564. The average molecular weight is 263 g/mol. The number of amides is 1. The van der Waals surface area contributed by atoms with Crippen molar-refractivity contribution in [1.29, 1.82) is 0 Å². The van der Waals surface area contributed by atoms with Crippen LogP contribution in [0.25, 0.3) is 0 Å². The van der Waals surface area contributed by atoms with Crippen molar-refractivity contribution in [2.45, 2.75) is 13.3 Å². The normalized spacial score (nSPS) is 12.6. The SMILES string of the molecule is CCOC(=O)C(=O)c1cc(OC)cc2c1NC(=O)C2. The van der Waals surface area contributed by atoms with Gasteiger partial charge in [-0.3, -0.25) is 9.59 Å². The lowest BCUT2D eigenvalue weighted by atomic mass is 10.0. The largest absolute Gasteiger partial charge is 0.497 e. The number of nitrogens with one attached hydrogen (secondary N) is 1. The maximum atomic E-state index is 12.0. The summed E-state index contributed by atoms with van der Waals surface area (Å²) in [4.78, 5) is 34.9. The lowest BCUT2D eigenvalue weighted by molar-refractivity contribution is -0.137. The van der Waals surface area contributed by atoms with Gasteiger partial charge in [0.2, 0.25) is 5.91 Å². The first-order chi connectivity index (χ1) is 9.06. The van der Waals surface area contributed by atoms with Gasteiger partial charge in [0.25, 0.3) is 5.78 Å². The maximum absolute atomic E-state index is 12.0. The Hall–Kier alpha value is -2.37. The van der Waals surface area contributed by atoms with E-state index in [0.717, 1.165) is 0 Å². The molecule has 19 heavy (non-hydrogen) atoms. The first kappa shape index (κ1) is 13.1. The molecule has 0 saturated heterocycles. The molecule has 1 aliphatic rings. The van der Waals surface area contributed by atoms with Crippen LogP contribution in [0.1, 0.15) is 22.8 Å². The lowest BCUT2D eigenvalue weighted by Gasteiger charge is -2.09. The highest BCUT2D eigenvalue weighted by atomic mass is 16.5. The van der Waals surface area contributed by atoms with E-state index >= 15 is 0 Å². The quantitative estimate of drug-likeness (QED) is 0.496. The fraction of sp³-hybridized carbons (Fsp3) is 0.308. The van der Waals surface area contributed by atoms with Crippen LogP contribution in [0.4, 0.5) is 5.69 Å². The minimum Gasteiger partial charge on any atom is -0.497 e. The van der Waals surface area contributed by atoms with Gasteiger partial charge < -0.3 is 14.8 Å². The standard InChI is InChI=1S/C13H13NO5/c1-3-19-13(17)12(16)9-6-8(18-2)4-7-5-10(15)14-11(7)9/h4,6H,3,5H2,1-2H3,(H,14,15). The molecule has 1 amide bonds. The molecule has 1 aliphatic heterocycles. The van der Waals surface area contributed by atoms with Crippen LogP contribution >= 0.6 is 0 Å². The predicted molar refractivity (Wildman–Crippen MR) is 66.3 cm³/mol. The minimum atomic E-state index is -0.945. The third-order valence-electron chi connectivity index (χ3n) is 2.75. The molecule has 6 nitrogen and oxygen atoms in total. The van der Waals surface area contributed by atoms with Crippen LogP contribution in [0.15, 0.2) is 12.1 Å². The van der Waals surface area contributed by atoms with Gasteiger partial charge in [-0.05, 0) is 24.6 Å². The molecule has 100 valence electrons. The number of carbonyl (C=O) groups excluding carboxylic acids is 3. The van der Waals surface area contributed by atoms with E-state index in [-0.39, 0.29) is 24.5 Å². The summed E-state index contributed by atoms with van der Waals surface area (Å²) in [6, 6.07) is 3.08. The molecule has 0 radical (unpaired) electrons. The highest BCUT2D eigenvalue weighted by Gasteiger charge is 2.28. The summed E-state index contributed by atoms with van der Waals surface area (Å²) < 4.78 is 9.74. The first-order valence-electron chi connectivity index (χ1n) is 5.79. The first-order valence-corrected chi connectivity index (χ1v) is 5.79. The molecule has 2 rings (SSSR count). The molecule has 1 N–H and O–H groups in total. The van der Waals surface area contributed by atoms with Crippen molar-refractivity contribution >= 4 is 23.3 Å². The van der Waals surface area contributed by atoms with Gasteiger partial charge in [-0.15, -0.1) is 0 Å². The number of benzene rings is 1. The van der Waals surface area contributed by atoms with Gasteiger partial charge in [0.15, 0.2) is 0 Å². The number of carbonyl (C=O) groups is 3. The number of fused-ring (bicyclic) bond motifs is 1. The van der Waals surface area contributed by atoms with Crippen molar-refractivity contribution in [1.82, 2.24) is 0 Å². The number of hydrogen-bond acceptors (Lipinski definition) is 5. The van der Waals surface area contributed by atoms with Crippen molar-refractivity contribution < 1.29 is 23.9 Å². The molecular formula is C13H13NO5. The summed E-state index contributed by atoms with van der Waals surface area (Å²) in [7, 11) is 1.45. The number of hydrogen-bond donors (Lipinski definition) is 1. The maximum Gasteiger partial charge on any atom is 0.379 e. The molecule has 6 heteroatoms. The number of anilines is 1. The molecule has 0 atom stereocenters. The number of Topliss-reactive ketones (excluding diaryl/α,β-unsaturated/α-hetero) is 1. The summed E-state index contributed by atoms with van der Waals surface area (Å²) in [5, 5.41) is 2.57. The highest BCUT2D eigenvalue weighted by Crippen LogP contribution is 2.32. The number of rotatable bonds is 4. The van der Waals surface area contributed by atoms with Crippen molar-refractivity contribution in [3.8, 4) is 5.75 Å². The third kappa shape index (κ3) is 2.42. The molecule has 1 aromatic carbocycles. The average Bonchev–Trinajstić information content (AvgIpc) is 2.76. The summed E-state index contributed by atoms with van der Waals surface area (Å²) in [5.41, 5.74) is 1.10. The van der Waals surface area contributed by atoms with Crippen LogP contribution < -0.4 is 10.1 Å². The Morgan fingerprint density at radius 2 is 2.11 bits per heavy atom. The molecule has 0 bridgehead atoms. The van der Waals surface area contributed by atoms with E-state index in [1.54, 1.807) is 13.0 Å². The second kappa shape index (κ2) is 5.09. The second-order valence-electron chi connectivity index (χ2n) is 3.98. The Kier molecular flexibility index (Phi) is 3.50. The molecular weight excluding hydrogens is 250 g/mol. The monoisotopic (exact) mass is 263 g/mol. The van der Waals surface area contributed by atoms with Gasteiger partial charge in [0.05, 0.1) is 31.4 Å². The molecule has 1 aromatic rings. The van der Waals surface area contributed by atoms with Crippen LogP contribution in [0, 0.1) is 0 Å². The van der Waals surface area contributed by atoms with E-state index in [2.05, 4.69) is 10.1 Å². The summed E-state index contributed by atoms with van der Waals surface area (Å²) in [6.07, 6.45) is 0.162. The third-order valence-corrected chi connectivity index (χ3v) is 2.75. The molecule has 0 fully saturated rings. The van der Waals surface area contributed by atoms with Gasteiger partial charge in [-0.1, -0.05) is 0 Å². The molecule has 0 saturated carbocycles. The second-order valence-corrected chi connectivity index (χ2v) is 3.98. The van der Waals surface area contributed by atoms with Gasteiger partial charge in [0.1, 0.15) is 5.75 Å². The smallest absolute Gasteiger partial charge is 0.379 e. The predicted octanol–water partition coefficient (Wildman–Crippen LogP) is 0.936. The van der Waals surface area contributed by atoms with Crippen molar-refractivity contribution in [2.24, 2.45) is 0 Å². The Morgan fingerprint density at radius 1 is 1.37 bits per heavy atom. The van der Waals surface area contributed by atoms with Crippen molar-refractivity contribution in [3.05, 3.63) is 23.3 Å². The van der Waals surface area contributed by atoms with Crippen LogP contribution in [0.5, 0.6) is 5.75 Å². The van der Waals surface area contributed by atoms with Crippen LogP contribution in [-0.4, -0.2) is 31.4 Å². The van der Waals surface area contributed by atoms with Gasteiger partial charge >= 0.3 is 5.97 Å². The highest BCUT2D eigenvalue weighted by molar-refractivity contribution is 6.42. The van der Waals surface area contributed by atoms with Crippen LogP contribution in [0.3, 0.4) is 0 Å². The lowest BCUT2D eigenvalue weighted by Crippen LogP contribution is -2.19. The van der Waals surface area contributed by atoms with Crippen molar-refractivity contribution in [3.63, 3.8) is 0 Å². The number of esters is 1. The fourth-order valence-electron chi connectivity index (χ4n) is 1.92. The van der Waals surface area contributed by atoms with E-state index in [9.17, 15) is 14.4 Å². The van der Waals surface area contributed by atoms with Gasteiger partial charge in [0, 0.05) is 0 Å². The van der Waals surface area contributed by atoms with E-state index in [0.29, 0.717) is 17.0 Å². The minimum absolute atomic E-state index is 0.0960. The van der Waals surface area contributed by atoms with Crippen LogP contribution in [-0.2, 0) is 20.7 Å². The molecule has 0 aliphatic carbocycles. The van der Waals surface area contributed by atoms with E-state index < -0.39 is 11.8 Å². The number of ketones is 1. The molecule has 1 heterocycles. The van der Waals surface area contributed by atoms with Gasteiger partial charge in [-0.25, -0.2) is 4.79 Å². The summed E-state index contributed by atoms with van der Waals surface area (Å²) >= 11 is 0. The van der Waals surface area contributed by atoms with E-state index in [1.807, 2.05) is 0 Å². The Morgan fingerprint density at radius 3 is 2.74 bits per heavy atom. The zero-order valence-corrected chi connectivity index (χ0v) is 10.6. The van der Waals surface area contributed by atoms with Gasteiger partial charge in [-0.2, -0.15) is 0 Å². The fourth-order valence-corrected chi connectivity index (χ4v) is 1.92. The summed E-state index contributed by atoms with van der Waals surface area (Å²) in [6.45, 7) is 1.73. The number of methoxy groups -OCH3 is 1. The zero-order chi connectivity index (χ0) is 14.0. The number of ether oxygens (including phenoxy) is 2. The summed E-state index contributed by atoms with van der Waals surface area (Å²) in [5.74, 6) is -1.54. The zero-order valence-electron chi connectivity index (χ0n) is 10.6. The molecule has 0 unspecified atom stereocenters. The van der Waals surface area contributed by atoms with Crippen molar-refractivity contribution in [2.75, 3.05) is 19.0 Å².